The summed E-state index contributed by atoms with van der Waals surface area (Å²) < 4.78 is 44.4. The largest absolute Gasteiger partial charge is 0.493 e. The number of nitrogens with one attached hydrogen (secondary N) is 1. The molecule has 0 saturated carbocycles. The summed E-state index contributed by atoms with van der Waals surface area (Å²) in [5.41, 5.74) is 1.74. The van der Waals surface area contributed by atoms with Crippen LogP contribution < -0.4 is 14.2 Å². The normalized spacial score (nSPS) is 11.4. The number of sulfonamides is 1. The molecular formula is C20H22N2O5S. The average Bonchev–Trinajstić information content (AvgIpc) is 2.67. The molecule has 0 aliphatic heterocycles. The molecule has 0 aliphatic carbocycles. The Morgan fingerprint density at radius 2 is 1.86 bits per heavy atom. The minimum Gasteiger partial charge on any atom is -0.493 e. The van der Waals surface area contributed by atoms with Crippen molar-refractivity contribution in [3.05, 3.63) is 54.2 Å². The Morgan fingerprint density at radius 1 is 1.04 bits per heavy atom. The van der Waals surface area contributed by atoms with Gasteiger partial charge in [-0.3, -0.25) is 9.71 Å². The molecule has 3 aromatic rings. The number of rotatable bonds is 8. The minimum absolute atomic E-state index is 0.114. The second kappa shape index (κ2) is 8.45. The predicted molar refractivity (Wildman–Crippen MR) is 108 cm³/mol. The number of aryl methyl sites for hydroxylation is 1. The molecule has 0 spiro atoms. The van der Waals surface area contributed by atoms with Crippen LogP contribution in [0.15, 0.2) is 53.6 Å². The maximum Gasteiger partial charge on any atom is 0.264 e. The van der Waals surface area contributed by atoms with Gasteiger partial charge in [-0.1, -0.05) is 12.1 Å². The van der Waals surface area contributed by atoms with E-state index in [2.05, 4.69) is 9.71 Å². The van der Waals surface area contributed by atoms with Gasteiger partial charge in [0, 0.05) is 24.8 Å². The van der Waals surface area contributed by atoms with Gasteiger partial charge < -0.3 is 14.2 Å². The summed E-state index contributed by atoms with van der Waals surface area (Å²) in [4.78, 5) is 4.42. The molecule has 0 radical (unpaired) electrons. The lowest BCUT2D eigenvalue weighted by atomic mass is 10.2. The van der Waals surface area contributed by atoms with Crippen LogP contribution in [0.3, 0.4) is 0 Å². The zero-order chi connectivity index (χ0) is 20.1. The van der Waals surface area contributed by atoms with Crippen molar-refractivity contribution in [2.75, 3.05) is 32.2 Å². The van der Waals surface area contributed by atoms with Gasteiger partial charge in [-0.2, -0.15) is 0 Å². The Labute approximate surface area is 164 Å². The average molecular weight is 402 g/mol. The number of benzene rings is 2. The lowest BCUT2D eigenvalue weighted by molar-refractivity contribution is 0.144. The smallest absolute Gasteiger partial charge is 0.264 e. The van der Waals surface area contributed by atoms with E-state index in [1.165, 1.54) is 13.2 Å². The van der Waals surface area contributed by atoms with Crippen molar-refractivity contribution in [2.24, 2.45) is 0 Å². The fourth-order valence-corrected chi connectivity index (χ4v) is 3.99. The van der Waals surface area contributed by atoms with E-state index in [0.717, 1.165) is 10.9 Å². The number of nitrogens with zero attached hydrogens (tertiary/aromatic N) is 1. The molecule has 3 rings (SSSR count). The summed E-state index contributed by atoms with van der Waals surface area (Å²) in [6, 6.07) is 11.8. The van der Waals surface area contributed by atoms with Crippen LogP contribution in [0.4, 0.5) is 5.69 Å². The van der Waals surface area contributed by atoms with E-state index in [0.29, 0.717) is 35.9 Å². The first kappa shape index (κ1) is 19.9. The van der Waals surface area contributed by atoms with Crippen molar-refractivity contribution >= 4 is 26.6 Å². The van der Waals surface area contributed by atoms with E-state index in [1.54, 1.807) is 37.6 Å². The molecule has 2 aromatic carbocycles. The molecule has 1 heterocycles. The number of methoxy groups -OCH3 is 2. The molecule has 1 aromatic heterocycles. The number of para-hydroxylation sites is 1. The van der Waals surface area contributed by atoms with Crippen molar-refractivity contribution in [1.82, 2.24) is 4.98 Å². The molecule has 1 N–H and O–H groups in total. The Morgan fingerprint density at radius 3 is 2.61 bits per heavy atom. The zero-order valence-electron chi connectivity index (χ0n) is 15.9. The molecule has 0 bridgehead atoms. The highest BCUT2D eigenvalue weighted by Gasteiger charge is 2.19. The van der Waals surface area contributed by atoms with Crippen molar-refractivity contribution in [1.29, 1.82) is 0 Å². The van der Waals surface area contributed by atoms with E-state index in [4.69, 9.17) is 14.2 Å². The van der Waals surface area contributed by atoms with E-state index in [1.807, 2.05) is 19.1 Å². The van der Waals surface area contributed by atoms with Gasteiger partial charge in [0.2, 0.25) is 0 Å². The molecule has 0 unspecified atom stereocenters. The van der Waals surface area contributed by atoms with E-state index >= 15 is 0 Å². The highest BCUT2D eigenvalue weighted by Crippen LogP contribution is 2.32. The Balaban J connectivity index is 1.93. The summed E-state index contributed by atoms with van der Waals surface area (Å²) in [5.74, 6) is 0.924. The van der Waals surface area contributed by atoms with Gasteiger partial charge in [0.05, 0.1) is 24.9 Å². The Bertz CT molecular complexity index is 1080. The van der Waals surface area contributed by atoms with Crippen LogP contribution in [0, 0.1) is 6.92 Å². The SMILES string of the molecule is COCCOc1cc(NS(=O)(=O)c2cccc3cc(C)cnc23)ccc1OC. The van der Waals surface area contributed by atoms with Gasteiger partial charge >= 0.3 is 0 Å². The van der Waals surface area contributed by atoms with Crippen LogP contribution in [-0.2, 0) is 14.8 Å². The Kier molecular flexibility index (Phi) is 6.01. The molecule has 148 valence electrons. The number of anilines is 1. The van der Waals surface area contributed by atoms with Gasteiger partial charge in [0.1, 0.15) is 11.5 Å². The van der Waals surface area contributed by atoms with Crippen LogP contribution in [0.2, 0.25) is 0 Å². The van der Waals surface area contributed by atoms with Crippen LogP contribution in [0.5, 0.6) is 11.5 Å². The fraction of sp³-hybridized carbons (Fsp3) is 0.250. The quantitative estimate of drug-likeness (QED) is 0.581. The first-order chi connectivity index (χ1) is 13.4. The Hall–Kier alpha value is -2.84. The highest BCUT2D eigenvalue weighted by molar-refractivity contribution is 7.93. The number of ether oxygens (including phenoxy) is 3. The number of aromatic nitrogens is 1. The predicted octanol–water partition coefficient (Wildman–Crippen LogP) is 3.38. The van der Waals surface area contributed by atoms with Crippen molar-refractivity contribution in [2.45, 2.75) is 11.8 Å². The fourth-order valence-electron chi connectivity index (χ4n) is 2.76. The van der Waals surface area contributed by atoms with E-state index in [-0.39, 0.29) is 4.90 Å². The molecule has 8 heteroatoms. The van der Waals surface area contributed by atoms with Crippen molar-refractivity contribution in [3.63, 3.8) is 0 Å². The highest BCUT2D eigenvalue weighted by atomic mass is 32.2. The van der Waals surface area contributed by atoms with Gasteiger partial charge in [-0.25, -0.2) is 8.42 Å². The lowest BCUT2D eigenvalue weighted by Crippen LogP contribution is -2.14. The molecular weight excluding hydrogens is 380 g/mol. The van der Waals surface area contributed by atoms with Crippen molar-refractivity contribution < 1.29 is 22.6 Å². The lowest BCUT2D eigenvalue weighted by Gasteiger charge is -2.14. The number of hydrogen-bond acceptors (Lipinski definition) is 6. The van der Waals surface area contributed by atoms with E-state index in [9.17, 15) is 8.42 Å². The molecule has 0 aliphatic rings. The third-order valence-electron chi connectivity index (χ3n) is 4.06. The van der Waals surface area contributed by atoms with Gasteiger partial charge in [0.15, 0.2) is 11.5 Å². The summed E-state index contributed by atoms with van der Waals surface area (Å²) in [7, 11) is -0.754. The summed E-state index contributed by atoms with van der Waals surface area (Å²) in [6.07, 6.45) is 1.65. The summed E-state index contributed by atoms with van der Waals surface area (Å²) >= 11 is 0. The maximum absolute atomic E-state index is 13.0. The molecule has 0 atom stereocenters. The van der Waals surface area contributed by atoms with Gasteiger partial charge in [-0.15, -0.1) is 0 Å². The minimum atomic E-state index is -3.85. The molecule has 0 saturated heterocycles. The number of fused-ring (bicyclic) bond motifs is 1. The second-order valence-electron chi connectivity index (χ2n) is 6.15. The maximum atomic E-state index is 13.0. The van der Waals surface area contributed by atoms with Crippen LogP contribution in [0.25, 0.3) is 10.9 Å². The molecule has 0 fully saturated rings. The second-order valence-corrected chi connectivity index (χ2v) is 7.80. The third kappa shape index (κ3) is 4.35. The molecule has 28 heavy (non-hydrogen) atoms. The third-order valence-corrected chi connectivity index (χ3v) is 5.47. The summed E-state index contributed by atoms with van der Waals surface area (Å²) in [6.45, 7) is 2.63. The first-order valence-electron chi connectivity index (χ1n) is 8.62. The number of pyridine rings is 1. The number of hydrogen-bond donors (Lipinski definition) is 1. The van der Waals surface area contributed by atoms with Crippen molar-refractivity contribution in [3.8, 4) is 11.5 Å². The van der Waals surface area contributed by atoms with E-state index < -0.39 is 10.0 Å². The molecule has 7 nitrogen and oxygen atoms in total. The zero-order valence-corrected chi connectivity index (χ0v) is 16.7. The van der Waals surface area contributed by atoms with Crippen LogP contribution >= 0.6 is 0 Å². The van der Waals surface area contributed by atoms with Crippen LogP contribution in [-0.4, -0.2) is 40.8 Å². The summed E-state index contributed by atoms with van der Waals surface area (Å²) in [5, 5.41) is 0.765. The van der Waals surface area contributed by atoms with Gasteiger partial charge in [-0.05, 0) is 36.8 Å². The van der Waals surface area contributed by atoms with Crippen LogP contribution in [0.1, 0.15) is 5.56 Å². The standard InChI is InChI=1S/C20H22N2O5S/c1-14-11-15-5-4-6-19(20(15)21-13-14)28(23,24)22-16-7-8-17(26-3)18(12-16)27-10-9-25-2/h4-8,11-13,22H,9-10H2,1-3H3. The first-order valence-corrected chi connectivity index (χ1v) is 10.1. The van der Waals surface area contributed by atoms with Gasteiger partial charge in [0.25, 0.3) is 10.0 Å². The molecule has 0 amide bonds. The monoisotopic (exact) mass is 402 g/mol. The topological polar surface area (TPSA) is 86.8 Å².